The highest BCUT2D eigenvalue weighted by Crippen LogP contribution is 2.24. The first kappa shape index (κ1) is 8.85. The van der Waals surface area contributed by atoms with Crippen molar-refractivity contribution in [2.24, 2.45) is 0 Å². The second-order valence-corrected chi connectivity index (χ2v) is 3.88. The van der Waals surface area contributed by atoms with Gasteiger partial charge in [0.05, 0.1) is 11.9 Å². The molecule has 0 radical (unpaired) electrons. The monoisotopic (exact) mass is 205 g/mol. The minimum atomic E-state index is -0.262. The standard InChI is InChI=1S/C11H12FN3/c12-8-3-2-6-15-10(7-14-11(8)15)9-4-1-5-13-9/h2-3,6-7,9,13H,1,4-5H2. The van der Waals surface area contributed by atoms with Crippen molar-refractivity contribution >= 4 is 5.65 Å². The van der Waals surface area contributed by atoms with Crippen LogP contribution in [0.2, 0.25) is 0 Å². The molecule has 0 saturated carbocycles. The molecule has 1 unspecified atom stereocenters. The fourth-order valence-corrected chi connectivity index (χ4v) is 2.19. The Hall–Kier alpha value is -1.42. The van der Waals surface area contributed by atoms with E-state index in [-0.39, 0.29) is 5.82 Å². The van der Waals surface area contributed by atoms with Crippen LogP contribution in [0.25, 0.3) is 5.65 Å². The number of pyridine rings is 1. The van der Waals surface area contributed by atoms with Gasteiger partial charge >= 0.3 is 0 Å². The van der Waals surface area contributed by atoms with Gasteiger partial charge in [-0.3, -0.25) is 0 Å². The van der Waals surface area contributed by atoms with Gasteiger partial charge < -0.3 is 9.72 Å². The number of rotatable bonds is 1. The van der Waals surface area contributed by atoms with Gasteiger partial charge in [-0.25, -0.2) is 9.37 Å². The van der Waals surface area contributed by atoms with Gasteiger partial charge in [0.25, 0.3) is 0 Å². The Bertz CT molecular complexity index is 486. The molecular weight excluding hydrogens is 193 g/mol. The molecular formula is C11H12FN3. The average molecular weight is 205 g/mol. The van der Waals surface area contributed by atoms with Gasteiger partial charge in [0.2, 0.25) is 0 Å². The number of halogens is 1. The van der Waals surface area contributed by atoms with Crippen LogP contribution in [0, 0.1) is 5.82 Å². The van der Waals surface area contributed by atoms with Crippen LogP contribution in [-0.2, 0) is 0 Å². The Balaban J connectivity index is 2.15. The molecule has 2 aromatic rings. The van der Waals surface area contributed by atoms with Crippen LogP contribution in [0.5, 0.6) is 0 Å². The summed E-state index contributed by atoms with van der Waals surface area (Å²) in [5.41, 5.74) is 1.48. The van der Waals surface area contributed by atoms with Crippen molar-refractivity contribution in [2.75, 3.05) is 6.54 Å². The highest BCUT2D eigenvalue weighted by Gasteiger charge is 2.20. The van der Waals surface area contributed by atoms with E-state index in [0.29, 0.717) is 11.7 Å². The molecule has 1 fully saturated rings. The number of hydrogen-bond acceptors (Lipinski definition) is 2. The highest BCUT2D eigenvalue weighted by molar-refractivity contribution is 5.42. The fraction of sp³-hybridized carbons (Fsp3) is 0.364. The predicted octanol–water partition coefficient (Wildman–Crippen LogP) is 1.90. The zero-order valence-corrected chi connectivity index (χ0v) is 8.28. The molecule has 78 valence electrons. The first-order chi connectivity index (χ1) is 7.36. The van der Waals surface area contributed by atoms with Crippen LogP contribution in [0.1, 0.15) is 24.6 Å². The Morgan fingerprint density at radius 3 is 3.27 bits per heavy atom. The number of nitrogens with zero attached hydrogens (tertiary/aromatic N) is 2. The molecule has 3 rings (SSSR count). The first-order valence-corrected chi connectivity index (χ1v) is 5.21. The predicted molar refractivity (Wildman–Crippen MR) is 55.1 cm³/mol. The Morgan fingerprint density at radius 2 is 2.47 bits per heavy atom. The van der Waals surface area contributed by atoms with Crippen molar-refractivity contribution in [1.82, 2.24) is 14.7 Å². The van der Waals surface area contributed by atoms with E-state index in [1.54, 1.807) is 12.3 Å². The van der Waals surface area contributed by atoms with E-state index in [0.717, 1.165) is 18.7 Å². The summed E-state index contributed by atoms with van der Waals surface area (Å²) in [6, 6.07) is 3.47. The van der Waals surface area contributed by atoms with Gasteiger partial charge in [-0.1, -0.05) is 0 Å². The lowest BCUT2D eigenvalue weighted by atomic mass is 10.2. The molecule has 3 nitrogen and oxygen atoms in total. The number of hydrogen-bond donors (Lipinski definition) is 1. The zero-order valence-electron chi connectivity index (χ0n) is 8.28. The van der Waals surface area contributed by atoms with Crippen LogP contribution in [0.15, 0.2) is 24.5 Å². The summed E-state index contributed by atoms with van der Waals surface area (Å²) in [5, 5.41) is 3.39. The van der Waals surface area contributed by atoms with Crippen LogP contribution in [0.4, 0.5) is 4.39 Å². The summed E-state index contributed by atoms with van der Waals surface area (Å²) < 4.78 is 15.2. The molecule has 1 N–H and O–H groups in total. The lowest BCUT2D eigenvalue weighted by molar-refractivity contribution is 0.610. The maximum Gasteiger partial charge on any atom is 0.173 e. The third-order valence-corrected chi connectivity index (χ3v) is 2.93. The van der Waals surface area contributed by atoms with E-state index < -0.39 is 0 Å². The maximum absolute atomic E-state index is 13.4. The van der Waals surface area contributed by atoms with Crippen molar-refractivity contribution in [2.45, 2.75) is 18.9 Å². The Labute approximate surface area is 86.9 Å². The van der Waals surface area contributed by atoms with Gasteiger partial charge in [-0.15, -0.1) is 0 Å². The SMILES string of the molecule is Fc1cccn2c(C3CCCN3)cnc12. The van der Waals surface area contributed by atoms with Crippen LogP contribution < -0.4 is 5.32 Å². The summed E-state index contributed by atoms with van der Waals surface area (Å²) in [6.45, 7) is 1.03. The topological polar surface area (TPSA) is 29.3 Å². The van der Waals surface area contributed by atoms with Crippen molar-refractivity contribution in [1.29, 1.82) is 0 Å². The van der Waals surface area contributed by atoms with Gasteiger partial charge in [-0.2, -0.15) is 0 Å². The van der Waals surface area contributed by atoms with Crippen LogP contribution >= 0.6 is 0 Å². The summed E-state index contributed by atoms with van der Waals surface area (Å²) in [7, 11) is 0. The van der Waals surface area contributed by atoms with E-state index in [1.807, 2.05) is 10.6 Å². The van der Waals surface area contributed by atoms with E-state index in [9.17, 15) is 4.39 Å². The second-order valence-electron chi connectivity index (χ2n) is 3.88. The van der Waals surface area contributed by atoms with Gasteiger partial charge in [0.1, 0.15) is 0 Å². The second kappa shape index (κ2) is 3.31. The molecule has 1 saturated heterocycles. The highest BCUT2D eigenvalue weighted by atomic mass is 19.1. The van der Waals surface area contributed by atoms with Crippen molar-refractivity contribution in [3.8, 4) is 0 Å². The molecule has 3 heterocycles. The summed E-state index contributed by atoms with van der Waals surface area (Å²) in [5.74, 6) is -0.262. The van der Waals surface area contributed by atoms with Crippen molar-refractivity contribution in [3.63, 3.8) is 0 Å². The largest absolute Gasteiger partial charge is 0.309 e. The smallest absolute Gasteiger partial charge is 0.173 e. The number of fused-ring (bicyclic) bond motifs is 1. The Kier molecular flexibility index (Phi) is 1.95. The summed E-state index contributed by atoms with van der Waals surface area (Å²) in [4.78, 5) is 4.11. The molecule has 2 aromatic heterocycles. The van der Waals surface area contributed by atoms with Crippen LogP contribution in [0.3, 0.4) is 0 Å². The Morgan fingerprint density at radius 1 is 1.53 bits per heavy atom. The number of imidazole rings is 1. The molecule has 15 heavy (non-hydrogen) atoms. The molecule has 0 bridgehead atoms. The normalized spacial score (nSPS) is 21.3. The molecule has 0 aliphatic carbocycles. The summed E-state index contributed by atoms with van der Waals surface area (Å²) >= 11 is 0. The third kappa shape index (κ3) is 1.33. The van der Waals surface area contributed by atoms with E-state index in [1.165, 1.54) is 12.5 Å². The van der Waals surface area contributed by atoms with E-state index in [4.69, 9.17) is 0 Å². The molecule has 1 atom stereocenters. The minimum Gasteiger partial charge on any atom is -0.309 e. The maximum atomic E-state index is 13.4. The fourth-order valence-electron chi connectivity index (χ4n) is 2.19. The first-order valence-electron chi connectivity index (χ1n) is 5.21. The molecule has 0 aromatic carbocycles. The number of nitrogens with one attached hydrogen (secondary N) is 1. The molecule has 0 spiro atoms. The lowest BCUT2D eigenvalue weighted by Crippen LogP contribution is -2.14. The van der Waals surface area contributed by atoms with Gasteiger partial charge in [0, 0.05) is 12.2 Å². The average Bonchev–Trinajstić information content (AvgIpc) is 2.85. The van der Waals surface area contributed by atoms with Crippen molar-refractivity contribution in [3.05, 3.63) is 36.0 Å². The van der Waals surface area contributed by atoms with Gasteiger partial charge in [-0.05, 0) is 31.5 Å². The summed E-state index contributed by atoms with van der Waals surface area (Å²) in [6.07, 6.45) is 5.90. The minimum absolute atomic E-state index is 0.262. The zero-order chi connectivity index (χ0) is 10.3. The molecule has 1 aliphatic heterocycles. The molecule has 4 heteroatoms. The molecule has 0 amide bonds. The van der Waals surface area contributed by atoms with Gasteiger partial charge in [0.15, 0.2) is 11.5 Å². The number of aromatic nitrogens is 2. The van der Waals surface area contributed by atoms with Crippen LogP contribution in [-0.4, -0.2) is 15.9 Å². The van der Waals surface area contributed by atoms with Crippen molar-refractivity contribution < 1.29 is 4.39 Å². The third-order valence-electron chi connectivity index (χ3n) is 2.93. The molecule has 1 aliphatic rings. The lowest BCUT2D eigenvalue weighted by Gasteiger charge is -2.09. The van der Waals surface area contributed by atoms with E-state index in [2.05, 4.69) is 10.3 Å². The quantitative estimate of drug-likeness (QED) is 0.770. The van der Waals surface area contributed by atoms with E-state index >= 15 is 0 Å².